The molecule has 120 valence electrons. The Balaban J connectivity index is 1.99. The zero-order valence-corrected chi connectivity index (χ0v) is 12.9. The molecule has 7 nitrogen and oxygen atoms in total. The maximum absolute atomic E-state index is 12.7. The molecule has 0 saturated carbocycles. The van der Waals surface area contributed by atoms with Crippen LogP contribution in [0.2, 0.25) is 0 Å². The topological polar surface area (TPSA) is 85.1 Å². The Morgan fingerprint density at radius 1 is 1.17 bits per heavy atom. The van der Waals surface area contributed by atoms with E-state index in [2.05, 4.69) is 10.6 Å². The minimum Gasteiger partial charge on any atom is -0.312 e. The van der Waals surface area contributed by atoms with Crippen molar-refractivity contribution in [2.75, 3.05) is 6.54 Å². The molecule has 2 amide bonds. The summed E-state index contributed by atoms with van der Waals surface area (Å²) in [5.41, 5.74) is 3.76. The number of aromatic nitrogens is 2. The second-order valence-electron chi connectivity index (χ2n) is 6.18. The molecule has 1 aromatic heterocycles. The van der Waals surface area contributed by atoms with E-state index in [1.54, 1.807) is 16.2 Å². The number of carbonyl (C=O) groups is 2. The number of hydrogen-bond acceptors (Lipinski definition) is 4. The van der Waals surface area contributed by atoms with Gasteiger partial charge in [0.1, 0.15) is 6.04 Å². The number of benzene rings is 1. The van der Waals surface area contributed by atoms with Crippen molar-refractivity contribution >= 4 is 22.8 Å². The van der Waals surface area contributed by atoms with Crippen molar-refractivity contribution in [2.24, 2.45) is 7.05 Å². The maximum Gasteiger partial charge on any atom is 0.329 e. The van der Waals surface area contributed by atoms with Gasteiger partial charge >= 0.3 is 5.69 Å². The van der Waals surface area contributed by atoms with E-state index >= 15 is 0 Å². The Bertz CT molecular complexity index is 893. The Kier molecular flexibility index (Phi) is 3.12. The van der Waals surface area contributed by atoms with Crippen LogP contribution >= 0.6 is 0 Å². The van der Waals surface area contributed by atoms with Gasteiger partial charge in [-0.15, -0.1) is 0 Å². The first-order chi connectivity index (χ1) is 11.1. The summed E-state index contributed by atoms with van der Waals surface area (Å²) in [4.78, 5) is 36.4. The largest absolute Gasteiger partial charge is 0.329 e. The lowest BCUT2D eigenvalue weighted by Gasteiger charge is -2.24. The number of imide groups is 1. The first-order valence-corrected chi connectivity index (χ1v) is 7.84. The smallest absolute Gasteiger partial charge is 0.312 e. The highest BCUT2D eigenvalue weighted by Gasteiger charge is 2.32. The van der Waals surface area contributed by atoms with Gasteiger partial charge in [0.05, 0.1) is 11.0 Å². The van der Waals surface area contributed by atoms with Crippen LogP contribution in [0.15, 0.2) is 16.9 Å². The summed E-state index contributed by atoms with van der Waals surface area (Å²) in [6.07, 6.45) is 1.45. The molecule has 2 N–H and O–H groups in total. The van der Waals surface area contributed by atoms with E-state index in [9.17, 15) is 14.4 Å². The predicted octanol–water partition coefficient (Wildman–Crippen LogP) is -0.0366. The summed E-state index contributed by atoms with van der Waals surface area (Å²) >= 11 is 0. The van der Waals surface area contributed by atoms with Crippen LogP contribution in [0.3, 0.4) is 0 Å². The van der Waals surface area contributed by atoms with Crippen LogP contribution in [-0.4, -0.2) is 27.5 Å². The van der Waals surface area contributed by atoms with Gasteiger partial charge in [-0.2, -0.15) is 0 Å². The first kappa shape index (κ1) is 14.2. The molecule has 0 spiro atoms. The van der Waals surface area contributed by atoms with Crippen LogP contribution in [0, 0.1) is 0 Å². The third-order valence-corrected chi connectivity index (χ3v) is 4.84. The number of amides is 2. The standard InChI is InChI=1S/C16H18N4O3/c1-19-11-3-2-9-8-17-7-6-10(9)14(11)20(16(19)23)12-4-5-13(21)18-15(12)22/h2-3,12,17H,4-8H2,1H3,(H,18,21,22). The molecule has 2 aliphatic heterocycles. The van der Waals surface area contributed by atoms with Gasteiger partial charge in [-0.05, 0) is 36.6 Å². The summed E-state index contributed by atoms with van der Waals surface area (Å²) < 4.78 is 3.17. The zero-order valence-electron chi connectivity index (χ0n) is 12.9. The normalized spacial score (nSPS) is 21.3. The predicted molar refractivity (Wildman–Crippen MR) is 84.0 cm³/mol. The summed E-state index contributed by atoms with van der Waals surface area (Å²) in [5, 5.41) is 5.67. The minimum absolute atomic E-state index is 0.207. The second-order valence-corrected chi connectivity index (χ2v) is 6.18. The lowest BCUT2D eigenvalue weighted by Crippen LogP contribution is -2.44. The highest BCUT2D eigenvalue weighted by atomic mass is 16.2. The van der Waals surface area contributed by atoms with Crippen molar-refractivity contribution in [3.05, 3.63) is 33.7 Å². The molecule has 1 unspecified atom stereocenters. The maximum atomic E-state index is 12.7. The van der Waals surface area contributed by atoms with E-state index in [-0.39, 0.29) is 23.9 Å². The lowest BCUT2D eigenvalue weighted by molar-refractivity contribution is -0.135. The van der Waals surface area contributed by atoms with Gasteiger partial charge in [0.2, 0.25) is 11.8 Å². The molecule has 2 aliphatic rings. The van der Waals surface area contributed by atoms with Crippen LogP contribution in [-0.2, 0) is 29.6 Å². The van der Waals surface area contributed by atoms with Gasteiger partial charge in [0, 0.05) is 20.0 Å². The molecule has 3 heterocycles. The molecule has 23 heavy (non-hydrogen) atoms. The first-order valence-electron chi connectivity index (χ1n) is 7.84. The van der Waals surface area contributed by atoms with E-state index < -0.39 is 6.04 Å². The third kappa shape index (κ3) is 2.03. The summed E-state index contributed by atoms with van der Waals surface area (Å²) in [5.74, 6) is -0.659. The number of rotatable bonds is 1. The Morgan fingerprint density at radius 3 is 2.78 bits per heavy atom. The van der Waals surface area contributed by atoms with E-state index in [1.165, 1.54) is 0 Å². The number of piperidine rings is 1. The van der Waals surface area contributed by atoms with Gasteiger partial charge in [0.15, 0.2) is 0 Å². The quantitative estimate of drug-likeness (QED) is 0.724. The molecule has 0 aliphatic carbocycles. The zero-order chi connectivity index (χ0) is 16.1. The summed E-state index contributed by atoms with van der Waals surface area (Å²) in [6.45, 7) is 1.62. The fraction of sp³-hybridized carbons (Fsp3) is 0.438. The Labute approximate surface area is 132 Å². The average Bonchev–Trinajstić information content (AvgIpc) is 2.80. The molecule has 1 aromatic carbocycles. The molecule has 1 saturated heterocycles. The summed E-state index contributed by atoms with van der Waals surface area (Å²) in [6, 6.07) is 3.36. The fourth-order valence-electron chi connectivity index (χ4n) is 3.66. The van der Waals surface area contributed by atoms with Crippen LogP contribution in [0.4, 0.5) is 0 Å². The molecule has 2 aromatic rings. The van der Waals surface area contributed by atoms with Crippen molar-refractivity contribution in [2.45, 2.75) is 31.8 Å². The Hall–Kier alpha value is -2.41. The van der Waals surface area contributed by atoms with Crippen molar-refractivity contribution in [1.29, 1.82) is 0 Å². The number of fused-ring (bicyclic) bond motifs is 3. The van der Waals surface area contributed by atoms with Gasteiger partial charge in [-0.1, -0.05) is 6.07 Å². The van der Waals surface area contributed by atoms with Crippen LogP contribution < -0.4 is 16.3 Å². The highest BCUT2D eigenvalue weighted by molar-refractivity contribution is 6.00. The molecule has 4 rings (SSSR count). The number of nitrogens with one attached hydrogen (secondary N) is 2. The number of carbonyl (C=O) groups excluding carboxylic acids is 2. The summed E-state index contributed by atoms with van der Waals surface area (Å²) in [7, 11) is 1.72. The van der Waals surface area contributed by atoms with Crippen molar-refractivity contribution in [3.8, 4) is 0 Å². The van der Waals surface area contributed by atoms with Crippen molar-refractivity contribution in [1.82, 2.24) is 19.8 Å². The SMILES string of the molecule is Cn1c(=O)n(C2CCC(=O)NC2=O)c2c3c(ccc21)CNCC3. The van der Waals surface area contributed by atoms with Crippen LogP contribution in [0.1, 0.15) is 30.0 Å². The van der Waals surface area contributed by atoms with Gasteiger partial charge in [-0.25, -0.2) is 4.79 Å². The van der Waals surface area contributed by atoms with Crippen LogP contribution in [0.25, 0.3) is 11.0 Å². The van der Waals surface area contributed by atoms with Crippen molar-refractivity contribution < 1.29 is 9.59 Å². The molecular formula is C16H18N4O3. The highest BCUT2D eigenvalue weighted by Crippen LogP contribution is 2.28. The van der Waals surface area contributed by atoms with E-state index in [1.807, 2.05) is 12.1 Å². The molecule has 0 radical (unpaired) electrons. The molecule has 1 fully saturated rings. The van der Waals surface area contributed by atoms with Crippen molar-refractivity contribution in [3.63, 3.8) is 0 Å². The molecule has 0 bridgehead atoms. The molecule has 1 atom stereocenters. The van der Waals surface area contributed by atoms with E-state index in [0.29, 0.717) is 6.42 Å². The van der Waals surface area contributed by atoms with Gasteiger partial charge < -0.3 is 5.32 Å². The fourth-order valence-corrected chi connectivity index (χ4v) is 3.66. The Morgan fingerprint density at radius 2 is 2.00 bits per heavy atom. The average molecular weight is 314 g/mol. The van der Waals surface area contributed by atoms with E-state index in [4.69, 9.17) is 0 Å². The second kappa shape index (κ2) is 5.06. The van der Waals surface area contributed by atoms with Gasteiger partial charge in [-0.3, -0.25) is 24.0 Å². The number of aryl methyl sites for hydroxylation is 1. The molecular weight excluding hydrogens is 296 g/mol. The monoisotopic (exact) mass is 314 g/mol. The number of nitrogens with zero attached hydrogens (tertiary/aromatic N) is 2. The third-order valence-electron chi connectivity index (χ3n) is 4.84. The van der Waals surface area contributed by atoms with Crippen LogP contribution in [0.5, 0.6) is 0 Å². The van der Waals surface area contributed by atoms with Gasteiger partial charge in [0.25, 0.3) is 0 Å². The van der Waals surface area contributed by atoms with E-state index in [0.717, 1.165) is 41.7 Å². The minimum atomic E-state index is -0.620. The lowest BCUT2D eigenvalue weighted by atomic mass is 9.98. The number of hydrogen-bond donors (Lipinski definition) is 2. The molecule has 7 heteroatoms. The number of imidazole rings is 1.